The van der Waals surface area contributed by atoms with E-state index in [0.717, 1.165) is 25.1 Å². The largest absolute Gasteiger partial charge is 0.326 e. The number of carbonyl (C=O) groups is 2. The molecule has 0 bridgehead atoms. The Kier molecular flexibility index (Phi) is 5.45. The molecule has 1 atom stereocenters. The summed E-state index contributed by atoms with van der Waals surface area (Å²) in [5, 5.41) is 18.1. The Hall–Kier alpha value is -3.04. The maximum absolute atomic E-state index is 12.4. The lowest BCUT2D eigenvalue weighted by Gasteiger charge is -2.21. The Morgan fingerprint density at radius 1 is 1.11 bits per heavy atom. The summed E-state index contributed by atoms with van der Waals surface area (Å²) < 4.78 is 0. The lowest BCUT2D eigenvalue weighted by atomic mass is 9.99. The Morgan fingerprint density at radius 3 is 2.57 bits per heavy atom. The third kappa shape index (κ3) is 4.26. The van der Waals surface area contributed by atoms with Crippen molar-refractivity contribution in [2.45, 2.75) is 12.8 Å². The molecule has 3 aromatic rings. The van der Waals surface area contributed by atoms with Gasteiger partial charge in [0.1, 0.15) is 10.7 Å². The zero-order valence-corrected chi connectivity index (χ0v) is 15.9. The number of thiazole rings is 1. The second-order valence-corrected chi connectivity index (χ2v) is 7.43. The van der Waals surface area contributed by atoms with Gasteiger partial charge in [-0.25, -0.2) is 4.98 Å². The smallest absolute Gasteiger partial charge is 0.275 e. The maximum Gasteiger partial charge on any atom is 0.275 e. The second kappa shape index (κ2) is 8.32. The molecule has 0 radical (unpaired) electrons. The summed E-state index contributed by atoms with van der Waals surface area (Å²) in [4.78, 5) is 29.0. The molecular formula is C19H20N6O2S. The highest BCUT2D eigenvalue weighted by Gasteiger charge is 2.20. The highest BCUT2D eigenvalue weighted by Crippen LogP contribution is 2.22. The molecule has 1 aromatic carbocycles. The number of H-pyrrole nitrogens is 1. The van der Waals surface area contributed by atoms with Gasteiger partial charge in [0, 0.05) is 29.5 Å². The summed E-state index contributed by atoms with van der Waals surface area (Å²) in [6.07, 6.45) is 3.56. The number of rotatable bonds is 5. The van der Waals surface area contributed by atoms with Crippen molar-refractivity contribution in [1.29, 1.82) is 0 Å². The molecule has 1 saturated heterocycles. The maximum atomic E-state index is 12.4. The van der Waals surface area contributed by atoms with Gasteiger partial charge in [-0.05, 0) is 49.7 Å². The lowest BCUT2D eigenvalue weighted by Crippen LogP contribution is -2.37. The average Bonchev–Trinajstić information content (AvgIpc) is 3.42. The van der Waals surface area contributed by atoms with Crippen LogP contribution in [0, 0.1) is 5.92 Å². The van der Waals surface area contributed by atoms with Crippen LogP contribution in [0.5, 0.6) is 0 Å². The van der Waals surface area contributed by atoms with Gasteiger partial charge < -0.3 is 16.0 Å². The number of hydrogen-bond acceptors (Lipinski definition) is 6. The zero-order valence-electron chi connectivity index (χ0n) is 15.1. The normalized spacial score (nSPS) is 16.5. The van der Waals surface area contributed by atoms with E-state index in [4.69, 9.17) is 0 Å². The molecule has 2 aromatic heterocycles. The first-order chi connectivity index (χ1) is 13.7. The van der Waals surface area contributed by atoms with Crippen molar-refractivity contribution in [3.05, 3.63) is 47.6 Å². The van der Waals surface area contributed by atoms with Gasteiger partial charge in [0.25, 0.3) is 5.91 Å². The van der Waals surface area contributed by atoms with Crippen LogP contribution in [-0.2, 0) is 4.79 Å². The number of aromatic nitrogens is 3. The molecule has 0 saturated carbocycles. The van der Waals surface area contributed by atoms with Crippen molar-refractivity contribution in [3.63, 3.8) is 0 Å². The van der Waals surface area contributed by atoms with Gasteiger partial charge in [-0.3, -0.25) is 14.7 Å². The molecule has 1 aliphatic heterocycles. The van der Waals surface area contributed by atoms with Gasteiger partial charge in [-0.2, -0.15) is 5.10 Å². The Bertz CT molecular complexity index is 945. The number of anilines is 2. The van der Waals surface area contributed by atoms with Gasteiger partial charge in [0.15, 0.2) is 0 Å². The van der Waals surface area contributed by atoms with Crippen LogP contribution in [0.1, 0.15) is 23.3 Å². The summed E-state index contributed by atoms with van der Waals surface area (Å²) in [5.74, 6) is -0.258. The number of carbonyl (C=O) groups excluding carboxylic acids is 2. The summed E-state index contributed by atoms with van der Waals surface area (Å²) in [6.45, 7) is 1.69. The van der Waals surface area contributed by atoms with E-state index in [1.54, 1.807) is 41.9 Å². The molecular weight excluding hydrogens is 376 g/mol. The minimum Gasteiger partial charge on any atom is -0.326 e. The van der Waals surface area contributed by atoms with Crippen molar-refractivity contribution in [2.75, 3.05) is 23.7 Å². The van der Waals surface area contributed by atoms with Crippen molar-refractivity contribution in [1.82, 2.24) is 20.5 Å². The van der Waals surface area contributed by atoms with Crippen LogP contribution in [0.3, 0.4) is 0 Å². The van der Waals surface area contributed by atoms with Crippen molar-refractivity contribution in [2.24, 2.45) is 5.92 Å². The summed E-state index contributed by atoms with van der Waals surface area (Å²) in [7, 11) is 0. The van der Waals surface area contributed by atoms with Crippen LogP contribution in [0.4, 0.5) is 11.4 Å². The van der Waals surface area contributed by atoms with Crippen LogP contribution in [0.15, 0.2) is 41.9 Å². The molecule has 0 aliphatic carbocycles. The number of aromatic amines is 1. The van der Waals surface area contributed by atoms with Crippen LogP contribution < -0.4 is 16.0 Å². The molecule has 3 heterocycles. The molecule has 144 valence electrons. The first-order valence-electron chi connectivity index (χ1n) is 9.07. The predicted octanol–water partition coefficient (Wildman–Crippen LogP) is 2.72. The quantitative estimate of drug-likeness (QED) is 0.530. The minimum atomic E-state index is -0.285. The number of benzene rings is 1. The van der Waals surface area contributed by atoms with Gasteiger partial charge >= 0.3 is 0 Å². The van der Waals surface area contributed by atoms with Crippen LogP contribution in [-0.4, -0.2) is 40.1 Å². The van der Waals surface area contributed by atoms with E-state index >= 15 is 0 Å². The number of nitrogens with zero attached hydrogens (tertiary/aromatic N) is 2. The van der Waals surface area contributed by atoms with Gasteiger partial charge in [0.2, 0.25) is 5.91 Å². The molecule has 4 N–H and O–H groups in total. The molecule has 0 unspecified atom stereocenters. The average molecular weight is 396 g/mol. The van der Waals surface area contributed by atoms with Crippen molar-refractivity contribution < 1.29 is 9.59 Å². The SMILES string of the molecule is O=C(Nc1ccc(NC(=O)[C@H]2CCCNC2)cc1)c1csc(-c2ccn[nH]2)n1. The molecule has 0 spiro atoms. The van der Waals surface area contributed by atoms with E-state index in [9.17, 15) is 9.59 Å². The first kappa shape index (κ1) is 18.3. The second-order valence-electron chi connectivity index (χ2n) is 6.57. The standard InChI is InChI=1S/C19H20N6O2S/c26-17(12-2-1-8-20-10-12)22-13-3-5-14(6-4-13)23-18(27)16-11-28-19(24-16)15-7-9-21-25-15/h3-7,9,11-12,20H,1-2,8,10H2,(H,21,25)(H,22,26)(H,23,27)/t12-/m0/s1. The van der Waals surface area contributed by atoms with Crippen molar-refractivity contribution in [3.8, 4) is 10.7 Å². The lowest BCUT2D eigenvalue weighted by molar-refractivity contribution is -0.120. The monoisotopic (exact) mass is 396 g/mol. The van der Waals surface area contributed by atoms with Gasteiger partial charge in [-0.15, -0.1) is 11.3 Å². The molecule has 9 heteroatoms. The van der Waals surface area contributed by atoms with E-state index < -0.39 is 0 Å². The zero-order chi connectivity index (χ0) is 19.3. The first-order valence-corrected chi connectivity index (χ1v) is 9.95. The summed E-state index contributed by atoms with van der Waals surface area (Å²) in [6, 6.07) is 8.88. The third-order valence-electron chi connectivity index (χ3n) is 4.55. The van der Waals surface area contributed by atoms with Gasteiger partial charge in [0.05, 0.1) is 11.6 Å². The third-order valence-corrected chi connectivity index (χ3v) is 5.42. The van der Waals surface area contributed by atoms with Gasteiger partial charge in [-0.1, -0.05) is 0 Å². The van der Waals surface area contributed by atoms with Crippen LogP contribution >= 0.6 is 11.3 Å². The fraction of sp³-hybridized carbons (Fsp3) is 0.263. The minimum absolute atomic E-state index is 0.00172. The van der Waals surface area contributed by atoms with E-state index in [2.05, 4.69) is 31.1 Å². The van der Waals surface area contributed by atoms with E-state index in [1.165, 1.54) is 11.3 Å². The molecule has 1 fully saturated rings. The Balaban J connectivity index is 1.35. The summed E-state index contributed by atoms with van der Waals surface area (Å²) >= 11 is 1.37. The molecule has 2 amide bonds. The number of piperidine rings is 1. The van der Waals surface area contributed by atoms with E-state index in [1.807, 2.05) is 0 Å². The highest BCUT2D eigenvalue weighted by atomic mass is 32.1. The molecule has 4 rings (SSSR count). The van der Waals surface area contributed by atoms with Crippen molar-refractivity contribution >= 4 is 34.5 Å². The Morgan fingerprint density at radius 2 is 1.89 bits per heavy atom. The molecule has 28 heavy (non-hydrogen) atoms. The molecule has 1 aliphatic rings. The fourth-order valence-corrected chi connectivity index (χ4v) is 3.80. The Labute approximate surface area is 165 Å². The number of nitrogens with one attached hydrogen (secondary N) is 4. The topological polar surface area (TPSA) is 112 Å². The molecule has 8 nitrogen and oxygen atoms in total. The summed E-state index contributed by atoms with van der Waals surface area (Å²) in [5.41, 5.74) is 2.47. The van der Waals surface area contributed by atoms with E-state index in [0.29, 0.717) is 28.6 Å². The number of amides is 2. The number of hydrogen-bond donors (Lipinski definition) is 4. The van der Waals surface area contributed by atoms with Crippen LogP contribution in [0.25, 0.3) is 10.7 Å². The van der Waals surface area contributed by atoms with E-state index in [-0.39, 0.29) is 17.7 Å². The fourth-order valence-electron chi connectivity index (χ4n) is 3.03. The predicted molar refractivity (Wildman–Crippen MR) is 108 cm³/mol. The highest BCUT2D eigenvalue weighted by molar-refractivity contribution is 7.13. The van der Waals surface area contributed by atoms with Crippen LogP contribution in [0.2, 0.25) is 0 Å².